The second-order valence-corrected chi connectivity index (χ2v) is 8.28. The first-order chi connectivity index (χ1) is 13.0. The normalized spacial score (nSPS) is 12.0. The molecule has 140 valence electrons. The molecule has 6 nitrogen and oxygen atoms in total. The highest BCUT2D eigenvalue weighted by atomic mass is 32.2. The Hall–Kier alpha value is -2.45. The summed E-state index contributed by atoms with van der Waals surface area (Å²) in [6.07, 6.45) is 1.80. The van der Waals surface area contributed by atoms with Crippen molar-refractivity contribution in [1.29, 1.82) is 0 Å². The molecule has 2 aromatic heterocycles. The average Bonchev–Trinajstić information content (AvgIpc) is 3.22. The van der Waals surface area contributed by atoms with Crippen LogP contribution in [0.25, 0.3) is 11.4 Å². The van der Waals surface area contributed by atoms with Crippen molar-refractivity contribution < 1.29 is 4.79 Å². The van der Waals surface area contributed by atoms with Crippen LogP contribution in [-0.4, -0.2) is 30.9 Å². The van der Waals surface area contributed by atoms with Crippen molar-refractivity contribution in [2.75, 3.05) is 5.32 Å². The standard InChI is InChI=1S/C19H21N5OS2/c1-5-10-24-16(15-8-6-12(2)7-9-15)22-23-19(24)27-14(4)17(25)21-18-20-13(3)11-26-18/h5-9,11,14H,1,10H2,2-4H3,(H,20,21,25). The minimum absolute atomic E-state index is 0.112. The molecule has 0 aliphatic carbocycles. The lowest BCUT2D eigenvalue weighted by Gasteiger charge is -2.12. The first kappa shape index (κ1) is 19.3. The third kappa shape index (κ3) is 4.64. The van der Waals surface area contributed by atoms with E-state index in [2.05, 4.69) is 27.1 Å². The lowest BCUT2D eigenvalue weighted by molar-refractivity contribution is -0.115. The highest BCUT2D eigenvalue weighted by Crippen LogP contribution is 2.28. The number of amides is 1. The summed E-state index contributed by atoms with van der Waals surface area (Å²) in [5.74, 6) is 0.653. The predicted molar refractivity (Wildman–Crippen MR) is 111 cm³/mol. The van der Waals surface area contributed by atoms with E-state index < -0.39 is 0 Å². The molecule has 0 aliphatic rings. The molecular formula is C19H21N5OS2. The number of hydrogen-bond donors (Lipinski definition) is 1. The molecule has 1 atom stereocenters. The van der Waals surface area contributed by atoms with Gasteiger partial charge in [-0.3, -0.25) is 9.36 Å². The van der Waals surface area contributed by atoms with Crippen LogP contribution in [0.15, 0.2) is 47.5 Å². The molecule has 0 aliphatic heterocycles. The second kappa shape index (κ2) is 8.49. The summed E-state index contributed by atoms with van der Waals surface area (Å²) in [6, 6.07) is 8.13. The molecule has 2 heterocycles. The van der Waals surface area contributed by atoms with E-state index in [0.29, 0.717) is 16.8 Å². The maximum atomic E-state index is 12.5. The van der Waals surface area contributed by atoms with Gasteiger partial charge in [0, 0.05) is 17.5 Å². The molecule has 8 heteroatoms. The minimum Gasteiger partial charge on any atom is -0.301 e. The molecule has 0 spiro atoms. The third-order valence-corrected chi connectivity index (χ3v) is 5.79. The van der Waals surface area contributed by atoms with Gasteiger partial charge in [0.05, 0.1) is 10.9 Å². The highest BCUT2D eigenvalue weighted by Gasteiger charge is 2.21. The van der Waals surface area contributed by atoms with E-state index in [-0.39, 0.29) is 11.2 Å². The number of thioether (sulfide) groups is 1. The number of thiazole rings is 1. The molecule has 0 radical (unpaired) electrons. The fourth-order valence-corrected chi connectivity index (χ4v) is 3.97. The number of nitrogens with zero attached hydrogens (tertiary/aromatic N) is 4. The Labute approximate surface area is 166 Å². The van der Waals surface area contributed by atoms with Crippen molar-refractivity contribution in [2.45, 2.75) is 37.7 Å². The molecule has 3 rings (SSSR count). The van der Waals surface area contributed by atoms with Gasteiger partial charge in [-0.25, -0.2) is 4.98 Å². The van der Waals surface area contributed by atoms with Crippen LogP contribution >= 0.6 is 23.1 Å². The van der Waals surface area contributed by atoms with E-state index in [1.165, 1.54) is 28.7 Å². The monoisotopic (exact) mass is 399 g/mol. The van der Waals surface area contributed by atoms with Gasteiger partial charge >= 0.3 is 0 Å². The molecule has 1 unspecified atom stereocenters. The van der Waals surface area contributed by atoms with E-state index in [1.54, 1.807) is 6.08 Å². The van der Waals surface area contributed by atoms with Crippen molar-refractivity contribution in [2.24, 2.45) is 0 Å². The first-order valence-electron chi connectivity index (χ1n) is 8.48. The third-order valence-electron chi connectivity index (χ3n) is 3.84. The number of anilines is 1. The summed E-state index contributed by atoms with van der Waals surface area (Å²) < 4.78 is 1.97. The Morgan fingerprint density at radius 2 is 2.07 bits per heavy atom. The number of hydrogen-bond acceptors (Lipinski definition) is 6. The van der Waals surface area contributed by atoms with Gasteiger partial charge in [-0.2, -0.15) is 0 Å². The second-order valence-electron chi connectivity index (χ2n) is 6.11. The van der Waals surface area contributed by atoms with Gasteiger partial charge in [-0.05, 0) is 20.8 Å². The summed E-state index contributed by atoms with van der Waals surface area (Å²) in [4.78, 5) is 16.7. The number of aryl methyl sites for hydroxylation is 2. The Morgan fingerprint density at radius 1 is 1.33 bits per heavy atom. The zero-order chi connectivity index (χ0) is 19.4. The van der Waals surface area contributed by atoms with Crippen molar-refractivity contribution >= 4 is 34.1 Å². The van der Waals surface area contributed by atoms with E-state index in [1.807, 2.05) is 55.0 Å². The van der Waals surface area contributed by atoms with Crippen LogP contribution in [0.2, 0.25) is 0 Å². The van der Waals surface area contributed by atoms with Crippen molar-refractivity contribution in [3.63, 3.8) is 0 Å². The number of rotatable bonds is 7. The summed E-state index contributed by atoms with van der Waals surface area (Å²) in [7, 11) is 0. The van der Waals surface area contributed by atoms with Crippen LogP contribution in [0.3, 0.4) is 0 Å². The molecule has 1 aromatic carbocycles. The lowest BCUT2D eigenvalue weighted by Crippen LogP contribution is -2.22. The number of aromatic nitrogens is 4. The first-order valence-corrected chi connectivity index (χ1v) is 10.2. The Bertz CT molecular complexity index is 945. The number of benzene rings is 1. The van der Waals surface area contributed by atoms with Gasteiger partial charge in [-0.1, -0.05) is 47.7 Å². The van der Waals surface area contributed by atoms with E-state index in [0.717, 1.165) is 17.1 Å². The van der Waals surface area contributed by atoms with Gasteiger partial charge in [0.1, 0.15) is 0 Å². The van der Waals surface area contributed by atoms with Crippen molar-refractivity contribution in [3.8, 4) is 11.4 Å². The van der Waals surface area contributed by atoms with Gasteiger partial charge in [0.2, 0.25) is 5.91 Å². The fraction of sp³-hybridized carbons (Fsp3) is 0.263. The minimum atomic E-state index is -0.340. The Balaban J connectivity index is 1.78. The van der Waals surface area contributed by atoms with E-state index >= 15 is 0 Å². The maximum absolute atomic E-state index is 12.5. The van der Waals surface area contributed by atoms with Gasteiger partial charge < -0.3 is 5.32 Å². The number of nitrogens with one attached hydrogen (secondary N) is 1. The average molecular weight is 400 g/mol. The summed E-state index contributed by atoms with van der Waals surface area (Å²) >= 11 is 2.79. The molecule has 0 saturated carbocycles. The van der Waals surface area contributed by atoms with Crippen LogP contribution in [0.5, 0.6) is 0 Å². The zero-order valence-corrected chi connectivity index (χ0v) is 17.1. The summed E-state index contributed by atoms with van der Waals surface area (Å²) in [6.45, 7) is 10.2. The van der Waals surface area contributed by atoms with E-state index in [9.17, 15) is 4.79 Å². The summed E-state index contributed by atoms with van der Waals surface area (Å²) in [5, 5.41) is 14.3. The van der Waals surface area contributed by atoms with Crippen molar-refractivity contribution in [1.82, 2.24) is 19.7 Å². The lowest BCUT2D eigenvalue weighted by atomic mass is 10.1. The predicted octanol–water partition coefficient (Wildman–Crippen LogP) is 4.32. The molecule has 1 amide bonds. The number of carbonyl (C=O) groups excluding carboxylic acids is 1. The molecule has 1 N–H and O–H groups in total. The number of carbonyl (C=O) groups is 1. The summed E-state index contributed by atoms with van der Waals surface area (Å²) in [5.41, 5.74) is 3.06. The Kier molecular flexibility index (Phi) is 6.08. The Morgan fingerprint density at radius 3 is 2.70 bits per heavy atom. The van der Waals surface area contributed by atoms with Gasteiger partial charge in [0.15, 0.2) is 16.1 Å². The SMILES string of the molecule is C=CCn1c(SC(C)C(=O)Nc2nc(C)cs2)nnc1-c1ccc(C)cc1. The van der Waals surface area contributed by atoms with Crippen LogP contribution in [-0.2, 0) is 11.3 Å². The van der Waals surface area contributed by atoms with Crippen LogP contribution in [0.4, 0.5) is 5.13 Å². The number of allylic oxidation sites excluding steroid dienone is 1. The van der Waals surface area contributed by atoms with Crippen LogP contribution in [0.1, 0.15) is 18.2 Å². The van der Waals surface area contributed by atoms with Crippen LogP contribution < -0.4 is 5.32 Å². The zero-order valence-electron chi connectivity index (χ0n) is 15.5. The van der Waals surface area contributed by atoms with Gasteiger partial charge in [-0.15, -0.1) is 28.1 Å². The quantitative estimate of drug-likeness (QED) is 0.473. The largest absolute Gasteiger partial charge is 0.301 e. The van der Waals surface area contributed by atoms with E-state index in [4.69, 9.17) is 0 Å². The van der Waals surface area contributed by atoms with Crippen LogP contribution in [0, 0.1) is 13.8 Å². The van der Waals surface area contributed by atoms with Crippen molar-refractivity contribution in [3.05, 3.63) is 53.6 Å². The smallest absolute Gasteiger partial charge is 0.239 e. The molecular weight excluding hydrogens is 378 g/mol. The molecule has 27 heavy (non-hydrogen) atoms. The van der Waals surface area contributed by atoms with Gasteiger partial charge in [0.25, 0.3) is 0 Å². The highest BCUT2D eigenvalue weighted by molar-refractivity contribution is 8.00. The molecule has 0 saturated heterocycles. The molecule has 0 fully saturated rings. The molecule has 0 bridgehead atoms. The topological polar surface area (TPSA) is 72.7 Å². The molecule has 3 aromatic rings. The maximum Gasteiger partial charge on any atom is 0.239 e. The fourth-order valence-electron chi connectivity index (χ4n) is 2.42.